The van der Waals surface area contributed by atoms with Gasteiger partial charge in [-0.25, -0.2) is 4.79 Å². The summed E-state index contributed by atoms with van der Waals surface area (Å²) in [6, 6.07) is 9.78. The first-order valence-electron chi connectivity index (χ1n) is 6.04. The molecule has 1 atom stereocenters. The lowest BCUT2D eigenvalue weighted by Gasteiger charge is -2.25. The van der Waals surface area contributed by atoms with Gasteiger partial charge in [0, 0.05) is 29.1 Å². The Kier molecular flexibility index (Phi) is 2.42. The second-order valence-corrected chi connectivity index (χ2v) is 4.80. The van der Waals surface area contributed by atoms with Crippen molar-refractivity contribution < 1.29 is 9.53 Å². The van der Waals surface area contributed by atoms with Gasteiger partial charge in [0.15, 0.2) is 5.60 Å². The van der Waals surface area contributed by atoms with Crippen LogP contribution in [0.1, 0.15) is 18.9 Å². The molecule has 1 aliphatic heterocycles. The molecule has 1 N–H and O–H groups in total. The normalized spacial score (nSPS) is 22.7. The number of nitrogens with one attached hydrogen (secondary N) is 1. The number of fused-ring (bicyclic) bond motifs is 1. The summed E-state index contributed by atoms with van der Waals surface area (Å²) in [5.41, 5.74) is 1.26. The van der Waals surface area contributed by atoms with E-state index < -0.39 is 11.6 Å². The average Bonchev–Trinajstić information content (AvgIpc) is 2.83. The molecule has 1 unspecified atom stereocenters. The molecule has 94 valence electrons. The first-order chi connectivity index (χ1) is 9.13. The van der Waals surface area contributed by atoms with Gasteiger partial charge in [-0.15, -0.1) is 0 Å². The van der Waals surface area contributed by atoms with E-state index >= 15 is 0 Å². The van der Waals surface area contributed by atoms with Crippen molar-refractivity contribution in [1.82, 2.24) is 4.98 Å². The van der Waals surface area contributed by atoms with Gasteiger partial charge in [0.05, 0.1) is 5.57 Å². The summed E-state index contributed by atoms with van der Waals surface area (Å²) in [5.74, 6) is -0.444. The molecule has 0 saturated heterocycles. The topological polar surface area (TPSA) is 65.9 Å². The summed E-state index contributed by atoms with van der Waals surface area (Å²) < 4.78 is 5.23. The molecule has 0 aliphatic carbocycles. The Morgan fingerprint density at radius 3 is 2.95 bits per heavy atom. The number of ether oxygens (including phenoxy) is 1. The Hall–Kier alpha value is -2.54. The van der Waals surface area contributed by atoms with Gasteiger partial charge in [-0.3, -0.25) is 0 Å². The maximum absolute atomic E-state index is 12.1. The summed E-state index contributed by atoms with van der Waals surface area (Å²) in [7, 11) is 0. The molecule has 0 spiro atoms. The van der Waals surface area contributed by atoms with Crippen molar-refractivity contribution in [2.24, 2.45) is 0 Å². The number of benzene rings is 1. The zero-order valence-electron chi connectivity index (χ0n) is 10.4. The Morgan fingerprint density at radius 2 is 2.21 bits per heavy atom. The number of cyclic esters (lactones) is 1. The number of H-pyrrole nitrogens is 1. The lowest BCUT2D eigenvalue weighted by molar-refractivity contribution is -0.146. The highest BCUT2D eigenvalue weighted by molar-refractivity contribution is 6.20. The zero-order chi connectivity index (χ0) is 13.5. The van der Waals surface area contributed by atoms with E-state index in [1.807, 2.05) is 30.3 Å². The van der Waals surface area contributed by atoms with Crippen molar-refractivity contribution in [2.45, 2.75) is 18.9 Å². The van der Waals surface area contributed by atoms with Gasteiger partial charge in [-0.05, 0) is 13.0 Å². The molecule has 19 heavy (non-hydrogen) atoms. The second kappa shape index (κ2) is 3.99. The standard InChI is InChI=1S/C15H12N2O2/c1-15(9-16)7-6-11(14(18)19-15)12-8-17-13-5-3-2-4-10(12)13/h2-6,8,17H,7H2,1H3. The van der Waals surface area contributed by atoms with E-state index in [0.717, 1.165) is 16.5 Å². The van der Waals surface area contributed by atoms with E-state index in [9.17, 15) is 4.79 Å². The van der Waals surface area contributed by atoms with Crippen LogP contribution in [-0.2, 0) is 9.53 Å². The van der Waals surface area contributed by atoms with E-state index in [1.165, 1.54) is 0 Å². The van der Waals surface area contributed by atoms with E-state index in [4.69, 9.17) is 10.00 Å². The fourth-order valence-electron chi connectivity index (χ4n) is 2.26. The van der Waals surface area contributed by atoms with E-state index in [1.54, 1.807) is 19.2 Å². The highest BCUT2D eigenvalue weighted by Gasteiger charge is 2.34. The maximum atomic E-state index is 12.1. The number of carbonyl (C=O) groups is 1. The minimum atomic E-state index is -1.05. The van der Waals surface area contributed by atoms with Crippen LogP contribution >= 0.6 is 0 Å². The van der Waals surface area contributed by atoms with Gasteiger partial charge in [0.1, 0.15) is 6.07 Å². The Balaban J connectivity index is 2.09. The molecule has 0 amide bonds. The molecular formula is C15H12N2O2. The SMILES string of the molecule is CC1(C#N)CC=C(c2c[nH]c3ccccc23)C(=O)O1. The summed E-state index contributed by atoms with van der Waals surface area (Å²) >= 11 is 0. The molecular weight excluding hydrogens is 240 g/mol. The molecule has 0 radical (unpaired) electrons. The van der Waals surface area contributed by atoms with Gasteiger partial charge < -0.3 is 9.72 Å². The Labute approximate surface area is 110 Å². The van der Waals surface area contributed by atoms with E-state index in [0.29, 0.717) is 12.0 Å². The van der Waals surface area contributed by atoms with Gasteiger partial charge >= 0.3 is 5.97 Å². The Bertz CT molecular complexity index is 736. The number of aromatic amines is 1. The lowest BCUT2D eigenvalue weighted by atomic mass is 9.95. The smallest absolute Gasteiger partial charge is 0.340 e. The number of para-hydroxylation sites is 1. The number of hydrogen-bond donors (Lipinski definition) is 1. The third kappa shape index (κ3) is 1.80. The number of esters is 1. The monoisotopic (exact) mass is 252 g/mol. The van der Waals surface area contributed by atoms with Crippen molar-refractivity contribution in [3.8, 4) is 6.07 Å². The predicted molar refractivity (Wildman–Crippen MR) is 71.0 cm³/mol. The summed E-state index contributed by atoms with van der Waals surface area (Å²) in [6.07, 6.45) is 3.99. The van der Waals surface area contributed by atoms with Crippen LogP contribution in [0.5, 0.6) is 0 Å². The molecule has 2 heterocycles. The van der Waals surface area contributed by atoms with E-state index in [-0.39, 0.29) is 0 Å². The van der Waals surface area contributed by atoms with Gasteiger partial charge in [0.25, 0.3) is 0 Å². The van der Waals surface area contributed by atoms with Crippen LogP contribution in [0.15, 0.2) is 36.5 Å². The first kappa shape index (κ1) is 11.5. The van der Waals surface area contributed by atoms with Gasteiger partial charge in [0.2, 0.25) is 0 Å². The van der Waals surface area contributed by atoms with Crippen LogP contribution in [0, 0.1) is 11.3 Å². The third-order valence-corrected chi connectivity index (χ3v) is 3.35. The number of hydrogen-bond acceptors (Lipinski definition) is 3. The number of carbonyl (C=O) groups excluding carboxylic acids is 1. The van der Waals surface area contributed by atoms with Crippen molar-refractivity contribution in [1.29, 1.82) is 5.26 Å². The fraction of sp³-hybridized carbons (Fsp3) is 0.200. The van der Waals surface area contributed by atoms with E-state index in [2.05, 4.69) is 4.98 Å². The molecule has 0 bridgehead atoms. The summed E-state index contributed by atoms with van der Waals surface area (Å²) in [4.78, 5) is 15.2. The highest BCUT2D eigenvalue weighted by Crippen LogP contribution is 2.32. The number of rotatable bonds is 1. The van der Waals surface area contributed by atoms with Crippen LogP contribution in [0.4, 0.5) is 0 Å². The largest absolute Gasteiger partial charge is 0.440 e. The third-order valence-electron chi connectivity index (χ3n) is 3.35. The predicted octanol–water partition coefficient (Wildman–Crippen LogP) is 2.78. The molecule has 0 fully saturated rings. The molecule has 0 saturated carbocycles. The Morgan fingerprint density at radius 1 is 1.42 bits per heavy atom. The highest BCUT2D eigenvalue weighted by atomic mass is 16.6. The molecule has 2 aromatic rings. The van der Waals surface area contributed by atoms with Crippen molar-refractivity contribution >= 4 is 22.4 Å². The van der Waals surface area contributed by atoms with Crippen LogP contribution in [0.2, 0.25) is 0 Å². The minimum absolute atomic E-state index is 0.407. The van der Waals surface area contributed by atoms with Gasteiger partial charge in [-0.2, -0.15) is 5.26 Å². The molecule has 1 aromatic heterocycles. The second-order valence-electron chi connectivity index (χ2n) is 4.80. The van der Waals surface area contributed by atoms with Crippen LogP contribution < -0.4 is 0 Å². The molecule has 4 heteroatoms. The number of nitriles is 1. The molecule has 1 aromatic carbocycles. The van der Waals surface area contributed by atoms with Crippen molar-refractivity contribution in [3.63, 3.8) is 0 Å². The van der Waals surface area contributed by atoms with Gasteiger partial charge in [-0.1, -0.05) is 24.3 Å². The van der Waals surface area contributed by atoms with Crippen LogP contribution in [0.3, 0.4) is 0 Å². The average molecular weight is 252 g/mol. The minimum Gasteiger partial charge on any atom is -0.440 e. The summed E-state index contributed by atoms with van der Waals surface area (Å²) in [5, 5.41) is 9.97. The summed E-state index contributed by atoms with van der Waals surface area (Å²) in [6.45, 7) is 1.62. The quantitative estimate of drug-likeness (QED) is 0.793. The van der Waals surface area contributed by atoms with Crippen LogP contribution in [0.25, 0.3) is 16.5 Å². The molecule has 4 nitrogen and oxygen atoms in total. The lowest BCUT2D eigenvalue weighted by Crippen LogP contribution is -2.33. The fourth-order valence-corrected chi connectivity index (χ4v) is 2.26. The molecule has 1 aliphatic rings. The molecule has 3 rings (SSSR count). The van der Waals surface area contributed by atoms with Crippen molar-refractivity contribution in [2.75, 3.05) is 0 Å². The maximum Gasteiger partial charge on any atom is 0.340 e. The number of nitrogens with zero attached hydrogens (tertiary/aromatic N) is 1. The zero-order valence-corrected chi connectivity index (χ0v) is 10.4. The first-order valence-corrected chi connectivity index (χ1v) is 6.04. The number of aromatic nitrogens is 1. The van der Waals surface area contributed by atoms with Crippen molar-refractivity contribution in [3.05, 3.63) is 42.1 Å². The van der Waals surface area contributed by atoms with Crippen LogP contribution in [-0.4, -0.2) is 16.6 Å².